The van der Waals surface area contributed by atoms with Crippen LogP contribution in [0.2, 0.25) is 0 Å². The van der Waals surface area contributed by atoms with E-state index in [-0.39, 0.29) is 23.1 Å². The Bertz CT molecular complexity index is 350. The van der Waals surface area contributed by atoms with E-state index in [9.17, 15) is 9.59 Å². The van der Waals surface area contributed by atoms with Crippen LogP contribution in [0.15, 0.2) is 0 Å². The highest BCUT2D eigenvalue weighted by molar-refractivity contribution is 5.81. The van der Waals surface area contributed by atoms with E-state index in [0.717, 1.165) is 25.9 Å². The summed E-state index contributed by atoms with van der Waals surface area (Å²) in [4.78, 5) is 25.9. The number of amides is 2. The van der Waals surface area contributed by atoms with Crippen LogP contribution in [-0.2, 0) is 9.59 Å². The van der Waals surface area contributed by atoms with E-state index in [2.05, 4.69) is 5.32 Å². The van der Waals surface area contributed by atoms with Crippen molar-refractivity contribution in [3.05, 3.63) is 0 Å². The molecule has 3 N–H and O–H groups in total. The van der Waals surface area contributed by atoms with Gasteiger partial charge in [-0.3, -0.25) is 9.59 Å². The molecular weight excluding hydrogens is 254 g/mol. The number of carbonyl (C=O) groups is 2. The third kappa shape index (κ3) is 4.78. The van der Waals surface area contributed by atoms with Crippen LogP contribution < -0.4 is 11.1 Å². The summed E-state index contributed by atoms with van der Waals surface area (Å²) in [6.07, 6.45) is 2.06. The van der Waals surface area contributed by atoms with Gasteiger partial charge < -0.3 is 16.0 Å². The molecule has 20 heavy (non-hydrogen) atoms. The number of piperidine rings is 1. The highest BCUT2D eigenvalue weighted by atomic mass is 16.2. The number of likely N-dealkylation sites (tertiary alicyclic amines) is 1. The fraction of sp³-hybridized carbons (Fsp3) is 0.867. The third-order valence-electron chi connectivity index (χ3n) is 3.84. The molecule has 0 bridgehead atoms. The number of nitrogens with one attached hydrogen (secondary N) is 1. The Hall–Kier alpha value is -1.10. The molecule has 0 radical (unpaired) electrons. The number of hydrogen-bond donors (Lipinski definition) is 2. The highest BCUT2D eigenvalue weighted by Gasteiger charge is 2.27. The number of nitrogens with two attached hydrogens (primary N) is 1. The topological polar surface area (TPSA) is 75.4 Å². The molecule has 0 aliphatic carbocycles. The van der Waals surface area contributed by atoms with Crippen LogP contribution >= 0.6 is 0 Å². The first kappa shape index (κ1) is 17.0. The van der Waals surface area contributed by atoms with Gasteiger partial charge in [-0.05, 0) is 18.8 Å². The van der Waals surface area contributed by atoms with Crippen molar-refractivity contribution in [2.24, 2.45) is 23.0 Å². The minimum Gasteiger partial charge on any atom is -0.355 e. The maximum absolute atomic E-state index is 12.1. The average Bonchev–Trinajstić information content (AvgIpc) is 2.42. The van der Waals surface area contributed by atoms with Crippen LogP contribution in [0.4, 0.5) is 0 Å². The smallest absolute Gasteiger partial charge is 0.226 e. The Kier molecular flexibility index (Phi) is 5.99. The Labute approximate surface area is 122 Å². The van der Waals surface area contributed by atoms with Crippen molar-refractivity contribution in [1.82, 2.24) is 10.2 Å². The molecule has 1 aliphatic rings. The summed E-state index contributed by atoms with van der Waals surface area (Å²) in [5.41, 5.74) is 5.19. The first-order valence-corrected chi connectivity index (χ1v) is 7.53. The number of hydrogen-bond acceptors (Lipinski definition) is 3. The van der Waals surface area contributed by atoms with Gasteiger partial charge in [-0.1, -0.05) is 27.7 Å². The van der Waals surface area contributed by atoms with E-state index in [4.69, 9.17) is 5.73 Å². The van der Waals surface area contributed by atoms with E-state index < -0.39 is 0 Å². The normalized spacial score (nSPS) is 21.4. The summed E-state index contributed by atoms with van der Waals surface area (Å²) in [6.45, 7) is 10.2. The predicted octanol–water partition coefficient (Wildman–Crippen LogP) is 0.982. The van der Waals surface area contributed by atoms with Crippen LogP contribution in [-0.4, -0.2) is 42.9 Å². The molecule has 5 heteroatoms. The lowest BCUT2D eigenvalue weighted by Crippen LogP contribution is -2.47. The molecule has 1 aliphatic heterocycles. The Morgan fingerprint density at radius 3 is 2.60 bits per heavy atom. The molecular formula is C15H29N3O2. The van der Waals surface area contributed by atoms with Crippen LogP contribution in [0.1, 0.15) is 40.5 Å². The van der Waals surface area contributed by atoms with Crippen LogP contribution in [0.3, 0.4) is 0 Å². The van der Waals surface area contributed by atoms with Gasteiger partial charge in [-0.25, -0.2) is 0 Å². The molecule has 0 spiro atoms. The standard InChI is InChI=1S/C15H29N3O2/c1-11(8-16)13(19)18-7-5-6-12(10-18)9-17-14(20)15(2,3)4/h11-12H,5-10,16H2,1-4H3,(H,17,20). The molecule has 1 heterocycles. The Balaban J connectivity index is 2.45. The monoisotopic (exact) mass is 283 g/mol. The first-order valence-electron chi connectivity index (χ1n) is 7.53. The summed E-state index contributed by atoms with van der Waals surface area (Å²) in [6, 6.07) is 0. The Morgan fingerprint density at radius 2 is 2.05 bits per heavy atom. The summed E-state index contributed by atoms with van der Waals surface area (Å²) in [5.74, 6) is 0.442. The van der Waals surface area contributed by atoms with Gasteiger partial charge in [0.2, 0.25) is 11.8 Å². The van der Waals surface area contributed by atoms with E-state index in [0.29, 0.717) is 19.0 Å². The molecule has 2 atom stereocenters. The molecule has 1 fully saturated rings. The molecule has 0 aromatic carbocycles. The second kappa shape index (κ2) is 7.07. The second-order valence-corrected chi connectivity index (χ2v) is 6.89. The molecule has 0 aromatic rings. The largest absolute Gasteiger partial charge is 0.355 e. The van der Waals surface area contributed by atoms with Crippen LogP contribution in [0, 0.1) is 17.3 Å². The van der Waals surface area contributed by atoms with Gasteiger partial charge in [0, 0.05) is 37.5 Å². The third-order valence-corrected chi connectivity index (χ3v) is 3.84. The summed E-state index contributed by atoms with van der Waals surface area (Å²) < 4.78 is 0. The van der Waals surface area contributed by atoms with Gasteiger partial charge in [-0.2, -0.15) is 0 Å². The summed E-state index contributed by atoms with van der Waals surface area (Å²) in [7, 11) is 0. The molecule has 1 saturated heterocycles. The summed E-state index contributed by atoms with van der Waals surface area (Å²) in [5, 5.41) is 2.99. The van der Waals surface area contributed by atoms with Gasteiger partial charge in [-0.15, -0.1) is 0 Å². The van der Waals surface area contributed by atoms with Crippen molar-refractivity contribution in [2.75, 3.05) is 26.2 Å². The van der Waals surface area contributed by atoms with Gasteiger partial charge in [0.1, 0.15) is 0 Å². The van der Waals surface area contributed by atoms with E-state index in [1.54, 1.807) is 0 Å². The van der Waals surface area contributed by atoms with Crippen molar-refractivity contribution in [1.29, 1.82) is 0 Å². The number of nitrogens with zero attached hydrogens (tertiary/aromatic N) is 1. The van der Waals surface area contributed by atoms with Gasteiger partial charge >= 0.3 is 0 Å². The molecule has 2 unspecified atom stereocenters. The van der Waals surface area contributed by atoms with Crippen molar-refractivity contribution in [3.8, 4) is 0 Å². The zero-order valence-corrected chi connectivity index (χ0v) is 13.2. The second-order valence-electron chi connectivity index (χ2n) is 6.89. The predicted molar refractivity (Wildman–Crippen MR) is 80.0 cm³/mol. The maximum atomic E-state index is 12.1. The SMILES string of the molecule is CC(CN)C(=O)N1CCCC(CNC(=O)C(C)(C)C)C1. The van der Waals surface area contributed by atoms with Gasteiger partial charge in [0.15, 0.2) is 0 Å². The van der Waals surface area contributed by atoms with Crippen molar-refractivity contribution in [2.45, 2.75) is 40.5 Å². The van der Waals surface area contributed by atoms with Crippen LogP contribution in [0.25, 0.3) is 0 Å². The Morgan fingerprint density at radius 1 is 1.40 bits per heavy atom. The van der Waals surface area contributed by atoms with Gasteiger partial charge in [0.25, 0.3) is 0 Å². The molecule has 1 rings (SSSR count). The van der Waals surface area contributed by atoms with Crippen molar-refractivity contribution in [3.63, 3.8) is 0 Å². The molecule has 5 nitrogen and oxygen atoms in total. The lowest BCUT2D eigenvalue weighted by Gasteiger charge is -2.34. The maximum Gasteiger partial charge on any atom is 0.226 e. The first-order chi connectivity index (χ1) is 9.25. The molecule has 116 valence electrons. The molecule has 0 aromatic heterocycles. The van der Waals surface area contributed by atoms with Crippen LogP contribution in [0.5, 0.6) is 0 Å². The van der Waals surface area contributed by atoms with E-state index in [1.807, 2.05) is 32.6 Å². The zero-order chi connectivity index (χ0) is 15.3. The fourth-order valence-corrected chi connectivity index (χ4v) is 2.35. The number of carbonyl (C=O) groups excluding carboxylic acids is 2. The highest BCUT2D eigenvalue weighted by Crippen LogP contribution is 2.19. The summed E-state index contributed by atoms with van der Waals surface area (Å²) >= 11 is 0. The average molecular weight is 283 g/mol. The molecule has 0 saturated carbocycles. The lowest BCUT2D eigenvalue weighted by atomic mass is 9.93. The number of rotatable bonds is 4. The zero-order valence-electron chi connectivity index (χ0n) is 13.2. The van der Waals surface area contributed by atoms with Gasteiger partial charge in [0.05, 0.1) is 0 Å². The lowest BCUT2D eigenvalue weighted by molar-refractivity contribution is -0.136. The quantitative estimate of drug-likeness (QED) is 0.807. The van der Waals surface area contributed by atoms with Crippen molar-refractivity contribution >= 4 is 11.8 Å². The minimum atomic E-state index is -0.363. The van der Waals surface area contributed by atoms with E-state index >= 15 is 0 Å². The fourth-order valence-electron chi connectivity index (χ4n) is 2.35. The van der Waals surface area contributed by atoms with E-state index in [1.165, 1.54) is 0 Å². The molecule has 2 amide bonds. The minimum absolute atomic E-state index is 0.0660. The van der Waals surface area contributed by atoms with Crippen molar-refractivity contribution < 1.29 is 9.59 Å².